The van der Waals surface area contributed by atoms with Crippen molar-refractivity contribution >= 4 is 17.5 Å². The van der Waals surface area contributed by atoms with Crippen LogP contribution in [-0.2, 0) is 10.2 Å². The number of hydrogen-bond donors (Lipinski definition) is 1. The largest absolute Gasteiger partial charge is 0.481 e. The van der Waals surface area contributed by atoms with E-state index in [-0.39, 0.29) is 11.3 Å². The minimum absolute atomic E-state index is 0.0817. The summed E-state index contributed by atoms with van der Waals surface area (Å²) in [6.45, 7) is 14.0. The topological polar surface area (TPSA) is 70.6 Å². The van der Waals surface area contributed by atoms with Crippen molar-refractivity contribution in [3.8, 4) is 5.75 Å². The molecule has 3 rings (SSSR count). The van der Waals surface area contributed by atoms with E-state index >= 15 is 0 Å². The van der Waals surface area contributed by atoms with E-state index < -0.39 is 6.10 Å². The zero-order valence-electron chi connectivity index (χ0n) is 18.9. The summed E-state index contributed by atoms with van der Waals surface area (Å²) in [6.07, 6.45) is 0.836. The van der Waals surface area contributed by atoms with Crippen molar-refractivity contribution in [1.29, 1.82) is 0 Å². The van der Waals surface area contributed by atoms with E-state index in [1.807, 2.05) is 18.2 Å². The van der Waals surface area contributed by atoms with Gasteiger partial charge in [-0.15, -0.1) is 0 Å². The fraction of sp³-hybridized carbons (Fsp3) is 0.522. The average molecular weight is 412 g/mol. The lowest BCUT2D eigenvalue weighted by Crippen LogP contribution is -2.44. The molecule has 7 nitrogen and oxygen atoms in total. The van der Waals surface area contributed by atoms with Crippen molar-refractivity contribution in [2.24, 2.45) is 0 Å². The molecule has 162 valence electrons. The highest BCUT2D eigenvalue weighted by molar-refractivity contribution is 5.93. The molecule has 1 atom stereocenters. The van der Waals surface area contributed by atoms with E-state index in [2.05, 4.69) is 65.9 Å². The summed E-state index contributed by atoms with van der Waals surface area (Å²) < 4.78 is 6.05. The van der Waals surface area contributed by atoms with E-state index in [0.29, 0.717) is 5.82 Å². The molecule has 2 aromatic rings. The van der Waals surface area contributed by atoms with Gasteiger partial charge < -0.3 is 19.9 Å². The quantitative estimate of drug-likeness (QED) is 0.815. The minimum atomic E-state index is -0.657. The summed E-state index contributed by atoms with van der Waals surface area (Å²) in [5.41, 5.74) is 2.17. The van der Waals surface area contributed by atoms with Gasteiger partial charge in [-0.2, -0.15) is 0 Å². The normalized spacial score (nSPS) is 16.3. The van der Waals surface area contributed by atoms with E-state index in [0.717, 1.165) is 43.3 Å². The highest BCUT2D eigenvalue weighted by atomic mass is 16.5. The summed E-state index contributed by atoms with van der Waals surface area (Å²) in [7, 11) is 2.11. The highest BCUT2D eigenvalue weighted by Crippen LogP contribution is 2.32. The fourth-order valence-electron chi connectivity index (χ4n) is 3.43. The van der Waals surface area contributed by atoms with Crippen LogP contribution in [0.5, 0.6) is 5.75 Å². The lowest BCUT2D eigenvalue weighted by atomic mass is 9.85. The van der Waals surface area contributed by atoms with Gasteiger partial charge >= 0.3 is 0 Å². The molecule has 1 aliphatic rings. The Morgan fingerprint density at radius 3 is 2.50 bits per heavy atom. The Bertz CT molecular complexity index is 885. The van der Waals surface area contributed by atoms with Crippen molar-refractivity contribution in [2.45, 2.75) is 46.1 Å². The van der Waals surface area contributed by atoms with Crippen LogP contribution in [0.2, 0.25) is 0 Å². The first kappa shape index (κ1) is 22.0. The molecule has 30 heavy (non-hydrogen) atoms. The Morgan fingerprint density at radius 1 is 1.13 bits per heavy atom. The van der Waals surface area contributed by atoms with Crippen molar-refractivity contribution in [1.82, 2.24) is 14.9 Å². The van der Waals surface area contributed by atoms with Gasteiger partial charge in [-0.25, -0.2) is 9.97 Å². The molecule has 0 spiro atoms. The van der Waals surface area contributed by atoms with E-state index in [1.165, 1.54) is 11.9 Å². The molecule has 1 aliphatic heterocycles. The smallest absolute Gasteiger partial charge is 0.266 e. The first-order valence-electron chi connectivity index (χ1n) is 10.5. The molecule has 1 aromatic carbocycles. The van der Waals surface area contributed by atoms with Crippen LogP contribution in [-0.4, -0.2) is 60.1 Å². The molecule has 1 amide bonds. The lowest BCUT2D eigenvalue weighted by Gasteiger charge is -2.33. The van der Waals surface area contributed by atoms with Gasteiger partial charge in [0.1, 0.15) is 23.7 Å². The predicted octanol–water partition coefficient (Wildman–Crippen LogP) is 3.24. The van der Waals surface area contributed by atoms with Crippen LogP contribution in [0.1, 0.15) is 38.8 Å². The lowest BCUT2D eigenvalue weighted by molar-refractivity contribution is -0.122. The number of ether oxygens (including phenoxy) is 1. The van der Waals surface area contributed by atoms with Crippen LogP contribution in [0.25, 0.3) is 0 Å². The number of anilines is 2. The van der Waals surface area contributed by atoms with Gasteiger partial charge in [0.2, 0.25) is 0 Å². The van der Waals surface area contributed by atoms with Gasteiger partial charge in [-0.3, -0.25) is 4.79 Å². The monoisotopic (exact) mass is 411 g/mol. The molecule has 1 saturated heterocycles. The summed E-state index contributed by atoms with van der Waals surface area (Å²) in [5, 5.41) is 2.87. The molecule has 2 heterocycles. The summed E-state index contributed by atoms with van der Waals surface area (Å²) in [4.78, 5) is 25.8. The zero-order valence-corrected chi connectivity index (χ0v) is 18.9. The van der Waals surface area contributed by atoms with Crippen molar-refractivity contribution in [2.75, 3.05) is 43.4 Å². The van der Waals surface area contributed by atoms with Gasteiger partial charge in [0.05, 0.1) is 0 Å². The molecule has 0 saturated carbocycles. The van der Waals surface area contributed by atoms with Crippen LogP contribution >= 0.6 is 0 Å². The maximum Gasteiger partial charge on any atom is 0.266 e. The Morgan fingerprint density at radius 2 is 1.83 bits per heavy atom. The summed E-state index contributed by atoms with van der Waals surface area (Å²) >= 11 is 0. The van der Waals surface area contributed by atoms with Gasteiger partial charge in [-0.05, 0) is 37.9 Å². The van der Waals surface area contributed by atoms with Crippen LogP contribution in [0, 0.1) is 6.92 Å². The number of carbonyl (C=O) groups is 1. The first-order chi connectivity index (χ1) is 14.1. The van der Waals surface area contributed by atoms with Crippen molar-refractivity contribution < 1.29 is 9.53 Å². The maximum atomic E-state index is 12.8. The SMILES string of the molecule is Cc1ccc(OC(C)C(=O)Nc2cc(N3CCN(C)CC3)ncn2)c(C(C)(C)C)c1. The van der Waals surface area contributed by atoms with E-state index in [1.54, 1.807) is 6.92 Å². The number of nitrogens with zero attached hydrogens (tertiary/aromatic N) is 4. The van der Waals surface area contributed by atoms with Crippen molar-refractivity contribution in [3.63, 3.8) is 0 Å². The molecule has 1 N–H and O–H groups in total. The number of rotatable bonds is 5. The molecule has 0 bridgehead atoms. The molecule has 7 heteroatoms. The number of piperazine rings is 1. The highest BCUT2D eigenvalue weighted by Gasteiger charge is 2.23. The second-order valence-corrected chi connectivity index (χ2v) is 9.05. The third kappa shape index (κ3) is 5.48. The molecule has 0 radical (unpaired) electrons. The fourth-order valence-corrected chi connectivity index (χ4v) is 3.43. The molecule has 1 fully saturated rings. The van der Waals surface area contributed by atoms with Gasteiger partial charge in [0, 0.05) is 32.2 Å². The van der Waals surface area contributed by atoms with Crippen LogP contribution in [0.15, 0.2) is 30.6 Å². The number of benzene rings is 1. The minimum Gasteiger partial charge on any atom is -0.481 e. The number of likely N-dealkylation sites (N-methyl/N-ethyl adjacent to an activating group) is 1. The van der Waals surface area contributed by atoms with E-state index in [4.69, 9.17) is 4.74 Å². The van der Waals surface area contributed by atoms with Crippen molar-refractivity contribution in [3.05, 3.63) is 41.7 Å². The number of hydrogen-bond acceptors (Lipinski definition) is 6. The van der Waals surface area contributed by atoms with Gasteiger partial charge in [0.25, 0.3) is 5.91 Å². The number of amides is 1. The van der Waals surface area contributed by atoms with Crippen LogP contribution < -0.4 is 15.0 Å². The second-order valence-electron chi connectivity index (χ2n) is 9.05. The maximum absolute atomic E-state index is 12.8. The Labute approximate surface area is 179 Å². The Kier molecular flexibility index (Phi) is 6.61. The van der Waals surface area contributed by atoms with Crippen LogP contribution in [0.3, 0.4) is 0 Å². The molecular weight excluding hydrogens is 378 g/mol. The number of aryl methyl sites for hydroxylation is 1. The second kappa shape index (κ2) is 9.00. The standard InChI is InChI=1S/C23H33N5O2/c1-16-7-8-19(18(13-16)23(3,4)5)30-17(2)22(29)26-20-14-21(25-15-24-20)28-11-9-27(6)10-12-28/h7-8,13-15,17H,9-12H2,1-6H3,(H,24,25,26,29). The van der Waals surface area contributed by atoms with Crippen LogP contribution in [0.4, 0.5) is 11.6 Å². The molecular formula is C23H33N5O2. The molecule has 0 aliphatic carbocycles. The number of carbonyl (C=O) groups excluding carboxylic acids is 1. The summed E-state index contributed by atoms with van der Waals surface area (Å²) in [6, 6.07) is 7.88. The third-order valence-corrected chi connectivity index (χ3v) is 5.35. The third-order valence-electron chi connectivity index (χ3n) is 5.35. The Balaban J connectivity index is 1.68. The predicted molar refractivity (Wildman–Crippen MR) is 120 cm³/mol. The first-order valence-corrected chi connectivity index (χ1v) is 10.5. The molecule has 1 aromatic heterocycles. The van der Waals surface area contributed by atoms with Gasteiger partial charge in [-0.1, -0.05) is 38.5 Å². The molecule has 1 unspecified atom stereocenters. The Hall–Kier alpha value is -2.67. The van der Waals surface area contributed by atoms with Gasteiger partial charge in [0.15, 0.2) is 6.10 Å². The zero-order chi connectivity index (χ0) is 21.9. The van der Waals surface area contributed by atoms with E-state index in [9.17, 15) is 4.79 Å². The number of aromatic nitrogens is 2. The summed E-state index contributed by atoms with van der Waals surface area (Å²) in [5.74, 6) is 1.81. The number of nitrogens with one attached hydrogen (secondary N) is 1. The average Bonchev–Trinajstić information content (AvgIpc) is 2.69.